The number of ether oxygens (including phenoxy) is 1. The molecule has 2 aliphatic heterocycles. The van der Waals surface area contributed by atoms with Crippen LogP contribution in [0, 0.1) is 0 Å². The largest absolute Gasteiger partial charge is 0.450 e. The fourth-order valence-corrected chi connectivity index (χ4v) is 3.51. The Kier molecular flexibility index (Phi) is 7.17. The van der Waals surface area contributed by atoms with Crippen molar-refractivity contribution in [3.8, 4) is 0 Å². The number of amides is 1. The van der Waals surface area contributed by atoms with Crippen molar-refractivity contribution in [2.75, 3.05) is 44.7 Å². The van der Waals surface area contributed by atoms with Crippen molar-refractivity contribution < 1.29 is 9.53 Å². The third kappa shape index (κ3) is 5.41. The highest BCUT2D eigenvalue weighted by Gasteiger charge is 2.24. The van der Waals surface area contributed by atoms with Crippen LogP contribution in [0.5, 0.6) is 0 Å². The zero-order valence-corrected chi connectivity index (χ0v) is 16.9. The molecular weight excluding hydrogens is 354 g/mol. The molecule has 3 rings (SSSR count). The van der Waals surface area contributed by atoms with Gasteiger partial charge in [-0.1, -0.05) is 24.3 Å². The lowest BCUT2D eigenvalue weighted by atomic mass is 10.1. The predicted octanol–water partition coefficient (Wildman–Crippen LogP) is 2.35. The molecule has 0 bridgehead atoms. The van der Waals surface area contributed by atoms with Crippen LogP contribution in [-0.4, -0.2) is 62.8 Å². The summed E-state index contributed by atoms with van der Waals surface area (Å²) in [5.41, 5.74) is 2.47. The van der Waals surface area contributed by atoms with Crippen molar-refractivity contribution in [2.24, 2.45) is 4.99 Å². The van der Waals surface area contributed by atoms with Gasteiger partial charge >= 0.3 is 6.09 Å². The molecule has 7 heteroatoms. The summed E-state index contributed by atoms with van der Waals surface area (Å²) < 4.78 is 5.07. The number of benzene rings is 1. The van der Waals surface area contributed by atoms with Crippen LogP contribution in [0.1, 0.15) is 25.3 Å². The van der Waals surface area contributed by atoms with Crippen LogP contribution in [0.3, 0.4) is 0 Å². The van der Waals surface area contributed by atoms with E-state index >= 15 is 0 Å². The van der Waals surface area contributed by atoms with Gasteiger partial charge in [-0.2, -0.15) is 0 Å². The highest BCUT2D eigenvalue weighted by molar-refractivity contribution is 5.80. The van der Waals surface area contributed by atoms with E-state index in [9.17, 15) is 4.79 Å². The molecule has 28 heavy (non-hydrogen) atoms. The molecule has 0 unspecified atom stereocenters. The van der Waals surface area contributed by atoms with Gasteiger partial charge in [-0.3, -0.25) is 4.99 Å². The molecule has 1 saturated heterocycles. The molecule has 1 aromatic rings. The lowest BCUT2D eigenvalue weighted by molar-refractivity contribution is 0.0963. The summed E-state index contributed by atoms with van der Waals surface area (Å²) >= 11 is 0. The van der Waals surface area contributed by atoms with Gasteiger partial charge < -0.3 is 25.2 Å². The van der Waals surface area contributed by atoms with Crippen molar-refractivity contribution in [3.63, 3.8) is 0 Å². The van der Waals surface area contributed by atoms with E-state index in [1.807, 2.05) is 6.92 Å². The van der Waals surface area contributed by atoms with Crippen LogP contribution >= 0.6 is 0 Å². The Morgan fingerprint density at radius 1 is 1.18 bits per heavy atom. The summed E-state index contributed by atoms with van der Waals surface area (Å²) in [5, 5.41) is 6.85. The summed E-state index contributed by atoms with van der Waals surface area (Å²) in [7, 11) is 1.78. The topological polar surface area (TPSA) is 69.2 Å². The number of guanidine groups is 1. The Balaban J connectivity index is 1.42. The Bertz CT molecular complexity index is 685. The van der Waals surface area contributed by atoms with Crippen LogP contribution in [0.4, 0.5) is 10.5 Å². The second kappa shape index (κ2) is 10.0. The van der Waals surface area contributed by atoms with Gasteiger partial charge in [0.15, 0.2) is 5.96 Å². The van der Waals surface area contributed by atoms with Crippen LogP contribution in [0.2, 0.25) is 0 Å². The zero-order valence-electron chi connectivity index (χ0n) is 16.9. The van der Waals surface area contributed by atoms with Gasteiger partial charge in [0.1, 0.15) is 0 Å². The number of hydrogen-bond donors (Lipinski definition) is 2. The number of nitrogens with zero attached hydrogens (tertiary/aromatic N) is 3. The predicted molar refractivity (Wildman–Crippen MR) is 113 cm³/mol. The van der Waals surface area contributed by atoms with Gasteiger partial charge in [0.25, 0.3) is 0 Å². The van der Waals surface area contributed by atoms with E-state index in [0.29, 0.717) is 25.7 Å². The normalized spacial score (nSPS) is 17.7. The molecule has 1 fully saturated rings. The van der Waals surface area contributed by atoms with Crippen molar-refractivity contribution >= 4 is 17.7 Å². The molecule has 2 N–H and O–H groups in total. The number of hydrogen-bond acceptors (Lipinski definition) is 4. The molecule has 0 radical (unpaired) electrons. The molecule has 0 aliphatic carbocycles. The first kappa shape index (κ1) is 20.0. The third-order valence-electron chi connectivity index (χ3n) is 5.17. The van der Waals surface area contributed by atoms with E-state index in [4.69, 9.17) is 4.74 Å². The standard InChI is InChI=1S/C21H31N5O2/c1-3-28-21(27)26-14-10-18(11-15-26)24-20(22-2)23-16-17-6-8-19(9-7-17)25-12-4-5-13-25/h4-9,18H,3,10-16H2,1-2H3,(H2,22,23,24). The van der Waals surface area contributed by atoms with Gasteiger partial charge in [0, 0.05) is 51.5 Å². The summed E-state index contributed by atoms with van der Waals surface area (Å²) in [5.74, 6) is 0.794. The first-order valence-electron chi connectivity index (χ1n) is 10.1. The van der Waals surface area contributed by atoms with Crippen molar-refractivity contribution in [2.45, 2.75) is 32.4 Å². The van der Waals surface area contributed by atoms with Crippen molar-refractivity contribution in [1.82, 2.24) is 15.5 Å². The smallest absolute Gasteiger partial charge is 0.409 e. The zero-order chi connectivity index (χ0) is 19.8. The minimum atomic E-state index is -0.211. The Morgan fingerprint density at radius 2 is 1.86 bits per heavy atom. The third-order valence-corrected chi connectivity index (χ3v) is 5.17. The molecule has 1 amide bonds. The van der Waals surface area contributed by atoms with E-state index in [1.165, 1.54) is 11.3 Å². The Labute approximate surface area is 167 Å². The number of carbonyl (C=O) groups is 1. The Hall–Kier alpha value is -2.70. The van der Waals surface area contributed by atoms with Gasteiger partial charge in [-0.25, -0.2) is 4.79 Å². The number of aliphatic imine (C=N–C) groups is 1. The number of rotatable bonds is 5. The quantitative estimate of drug-likeness (QED) is 0.463. The lowest BCUT2D eigenvalue weighted by Crippen LogP contribution is -2.49. The second-order valence-corrected chi connectivity index (χ2v) is 7.07. The monoisotopic (exact) mass is 385 g/mol. The maximum absolute atomic E-state index is 11.8. The van der Waals surface area contributed by atoms with Gasteiger partial charge in [-0.05, 0) is 37.5 Å². The van der Waals surface area contributed by atoms with Gasteiger partial charge in [0.05, 0.1) is 6.61 Å². The molecule has 152 valence electrons. The minimum absolute atomic E-state index is 0.211. The molecule has 0 aromatic heterocycles. The molecule has 2 heterocycles. The fraction of sp³-hybridized carbons (Fsp3) is 0.524. The van der Waals surface area contributed by atoms with Crippen LogP contribution < -0.4 is 15.5 Å². The molecule has 0 atom stereocenters. The lowest BCUT2D eigenvalue weighted by Gasteiger charge is -2.32. The maximum Gasteiger partial charge on any atom is 0.409 e. The second-order valence-electron chi connectivity index (χ2n) is 7.07. The number of piperidine rings is 1. The molecule has 1 aromatic carbocycles. The summed E-state index contributed by atoms with van der Waals surface area (Å²) in [6, 6.07) is 8.97. The van der Waals surface area contributed by atoms with E-state index < -0.39 is 0 Å². The van der Waals surface area contributed by atoms with Crippen LogP contribution in [0.25, 0.3) is 0 Å². The molecular formula is C21H31N5O2. The van der Waals surface area contributed by atoms with E-state index in [2.05, 4.69) is 56.9 Å². The number of nitrogens with one attached hydrogen (secondary N) is 2. The number of anilines is 1. The molecule has 2 aliphatic rings. The SMILES string of the molecule is CCOC(=O)N1CCC(NC(=NC)NCc2ccc(N3CC=CC3)cc2)CC1. The molecule has 0 saturated carbocycles. The summed E-state index contributed by atoms with van der Waals surface area (Å²) in [6.07, 6.45) is 5.96. The van der Waals surface area contributed by atoms with E-state index in [1.54, 1.807) is 11.9 Å². The number of carbonyl (C=O) groups excluding carboxylic acids is 1. The maximum atomic E-state index is 11.8. The van der Waals surface area contributed by atoms with Crippen LogP contribution in [0.15, 0.2) is 41.4 Å². The highest BCUT2D eigenvalue weighted by Crippen LogP contribution is 2.17. The first-order valence-corrected chi connectivity index (χ1v) is 10.1. The van der Waals surface area contributed by atoms with E-state index in [-0.39, 0.29) is 6.09 Å². The fourth-order valence-electron chi connectivity index (χ4n) is 3.51. The van der Waals surface area contributed by atoms with E-state index in [0.717, 1.165) is 38.4 Å². The summed E-state index contributed by atoms with van der Waals surface area (Å²) in [4.78, 5) is 20.2. The van der Waals surface area contributed by atoms with Crippen molar-refractivity contribution in [1.29, 1.82) is 0 Å². The Morgan fingerprint density at radius 3 is 2.46 bits per heavy atom. The first-order chi connectivity index (χ1) is 13.7. The molecule has 0 spiro atoms. The average Bonchev–Trinajstić information content (AvgIpc) is 3.27. The van der Waals surface area contributed by atoms with Gasteiger partial charge in [0.2, 0.25) is 0 Å². The highest BCUT2D eigenvalue weighted by atomic mass is 16.6. The summed E-state index contributed by atoms with van der Waals surface area (Å²) in [6.45, 7) is 6.37. The van der Waals surface area contributed by atoms with Crippen molar-refractivity contribution in [3.05, 3.63) is 42.0 Å². The average molecular weight is 386 g/mol. The minimum Gasteiger partial charge on any atom is -0.450 e. The number of likely N-dealkylation sites (tertiary alicyclic amines) is 1. The molecule has 7 nitrogen and oxygen atoms in total. The van der Waals surface area contributed by atoms with Gasteiger partial charge in [-0.15, -0.1) is 0 Å². The van der Waals surface area contributed by atoms with Crippen LogP contribution in [-0.2, 0) is 11.3 Å².